The number of hydrogen-bond acceptors (Lipinski definition) is 3. The molecule has 2 N–H and O–H groups in total. The fraction of sp³-hybridized carbons (Fsp3) is 0.529. The molecule has 1 aromatic rings. The highest BCUT2D eigenvalue weighted by atomic mass is 19.4. The van der Waals surface area contributed by atoms with Crippen molar-refractivity contribution in [2.75, 3.05) is 7.11 Å². The number of nitrogens with one attached hydrogen (secondary N) is 1. The second-order valence-corrected chi connectivity index (χ2v) is 6.14. The molecule has 8 heteroatoms. The summed E-state index contributed by atoms with van der Waals surface area (Å²) >= 11 is 0. The number of aliphatic carboxylic acids is 1. The molecule has 1 fully saturated rings. The molecule has 1 aliphatic carbocycles. The number of carbonyl (C=O) groups excluding carboxylic acids is 1. The van der Waals surface area contributed by atoms with Crippen LogP contribution in [-0.2, 0) is 22.3 Å². The minimum atomic E-state index is -4.56. The molecule has 0 saturated heterocycles. The molecule has 1 saturated carbocycles. The highest BCUT2D eigenvalue weighted by Gasteiger charge is 2.34. The van der Waals surface area contributed by atoms with E-state index in [-0.39, 0.29) is 24.3 Å². The van der Waals surface area contributed by atoms with E-state index in [1.807, 2.05) is 0 Å². The lowest BCUT2D eigenvalue weighted by Crippen LogP contribution is -2.35. The zero-order valence-corrected chi connectivity index (χ0v) is 13.7. The van der Waals surface area contributed by atoms with E-state index in [2.05, 4.69) is 5.32 Å². The van der Waals surface area contributed by atoms with Crippen LogP contribution in [0.4, 0.5) is 13.2 Å². The summed E-state index contributed by atoms with van der Waals surface area (Å²) in [6.07, 6.45) is -2.66. The molecule has 2 rings (SSSR count). The average molecular weight is 359 g/mol. The molecule has 0 aromatic heterocycles. The van der Waals surface area contributed by atoms with E-state index in [4.69, 9.17) is 9.84 Å². The van der Waals surface area contributed by atoms with Crippen LogP contribution in [0.15, 0.2) is 18.2 Å². The van der Waals surface area contributed by atoms with Gasteiger partial charge in [0.25, 0.3) is 0 Å². The second kappa shape index (κ2) is 7.76. The summed E-state index contributed by atoms with van der Waals surface area (Å²) in [5, 5.41) is 11.6. The van der Waals surface area contributed by atoms with Gasteiger partial charge in [0, 0.05) is 12.5 Å². The largest absolute Gasteiger partial charge is 0.497 e. The molecule has 0 heterocycles. The monoisotopic (exact) mass is 359 g/mol. The number of carboxylic acids is 1. The van der Waals surface area contributed by atoms with Crippen LogP contribution in [0.1, 0.15) is 36.8 Å². The maximum atomic E-state index is 13.2. The summed E-state index contributed by atoms with van der Waals surface area (Å²) < 4.78 is 44.3. The highest BCUT2D eigenvalue weighted by Crippen LogP contribution is 2.34. The number of ether oxygens (including phenoxy) is 1. The number of halogens is 3. The van der Waals surface area contributed by atoms with Gasteiger partial charge in [-0.1, -0.05) is 12.5 Å². The van der Waals surface area contributed by atoms with Gasteiger partial charge in [0.2, 0.25) is 5.91 Å². The summed E-state index contributed by atoms with van der Waals surface area (Å²) in [5.74, 6) is -2.32. The third-order valence-corrected chi connectivity index (χ3v) is 4.47. The molecule has 138 valence electrons. The van der Waals surface area contributed by atoms with Crippen LogP contribution in [0.3, 0.4) is 0 Å². The van der Waals surface area contributed by atoms with Crippen molar-refractivity contribution in [3.8, 4) is 5.75 Å². The Labute approximate surface area is 143 Å². The normalized spacial score (nSPS) is 20.8. The van der Waals surface area contributed by atoms with Crippen molar-refractivity contribution in [2.24, 2.45) is 11.8 Å². The number of amides is 1. The van der Waals surface area contributed by atoms with Crippen LogP contribution >= 0.6 is 0 Å². The molecule has 2 atom stereocenters. The average Bonchev–Trinajstić information content (AvgIpc) is 2.58. The first-order chi connectivity index (χ1) is 11.7. The number of rotatable bonds is 5. The fourth-order valence-corrected chi connectivity index (χ4v) is 3.08. The molecule has 5 nitrogen and oxygen atoms in total. The van der Waals surface area contributed by atoms with Gasteiger partial charge in [-0.25, -0.2) is 0 Å². The SMILES string of the molecule is COc1ccc(CNC(=O)C2CCCC(C(=O)O)C2)c(C(F)(F)F)c1. The summed E-state index contributed by atoms with van der Waals surface area (Å²) in [4.78, 5) is 23.3. The van der Waals surface area contributed by atoms with E-state index in [0.717, 1.165) is 6.07 Å². The van der Waals surface area contributed by atoms with E-state index in [1.165, 1.54) is 19.2 Å². The Hall–Kier alpha value is -2.25. The van der Waals surface area contributed by atoms with Gasteiger partial charge in [-0.2, -0.15) is 13.2 Å². The van der Waals surface area contributed by atoms with Crippen LogP contribution in [0.5, 0.6) is 5.75 Å². The molecule has 2 unspecified atom stereocenters. The smallest absolute Gasteiger partial charge is 0.416 e. The van der Waals surface area contributed by atoms with Gasteiger partial charge in [0.05, 0.1) is 18.6 Å². The highest BCUT2D eigenvalue weighted by molar-refractivity contribution is 5.80. The molecular weight excluding hydrogens is 339 g/mol. The van der Waals surface area contributed by atoms with Crippen LogP contribution in [-0.4, -0.2) is 24.1 Å². The Morgan fingerprint density at radius 3 is 2.56 bits per heavy atom. The molecule has 1 aliphatic rings. The standard InChI is InChI=1S/C17H20F3NO4/c1-25-13-6-5-12(14(8-13)17(18,19)20)9-21-15(22)10-3-2-4-11(7-10)16(23)24/h5-6,8,10-11H,2-4,7,9H2,1H3,(H,21,22)(H,23,24). The van der Waals surface area contributed by atoms with Crippen LogP contribution in [0, 0.1) is 11.8 Å². The van der Waals surface area contributed by atoms with Gasteiger partial charge < -0.3 is 15.2 Å². The molecule has 0 radical (unpaired) electrons. The summed E-state index contributed by atoms with van der Waals surface area (Å²) in [6.45, 7) is -0.272. The Kier molecular flexibility index (Phi) is 5.92. The maximum absolute atomic E-state index is 13.2. The van der Waals surface area contributed by atoms with Crippen molar-refractivity contribution in [1.29, 1.82) is 0 Å². The third kappa shape index (κ3) is 4.87. The number of carboxylic acid groups (broad SMARTS) is 1. The lowest BCUT2D eigenvalue weighted by Gasteiger charge is -2.26. The van der Waals surface area contributed by atoms with Crippen LogP contribution in [0.2, 0.25) is 0 Å². The predicted octanol–water partition coefficient (Wildman–Crippen LogP) is 3.22. The first-order valence-electron chi connectivity index (χ1n) is 7.97. The van der Waals surface area contributed by atoms with Gasteiger partial charge >= 0.3 is 12.1 Å². The number of carbonyl (C=O) groups is 2. The Bertz CT molecular complexity index is 645. The maximum Gasteiger partial charge on any atom is 0.416 e. The number of alkyl halides is 3. The van der Waals surface area contributed by atoms with Crippen LogP contribution in [0.25, 0.3) is 0 Å². The minimum Gasteiger partial charge on any atom is -0.497 e. The van der Waals surface area contributed by atoms with Gasteiger partial charge in [-0.05, 0) is 37.0 Å². The second-order valence-electron chi connectivity index (χ2n) is 6.14. The first kappa shape index (κ1) is 19.1. The van der Waals surface area contributed by atoms with Crippen LogP contribution < -0.4 is 10.1 Å². The van der Waals surface area contributed by atoms with Crippen molar-refractivity contribution in [3.63, 3.8) is 0 Å². The summed E-state index contributed by atoms with van der Waals surface area (Å²) in [7, 11) is 1.28. The minimum absolute atomic E-state index is 0.0627. The zero-order chi connectivity index (χ0) is 18.6. The lowest BCUT2D eigenvalue weighted by molar-refractivity contribution is -0.144. The van der Waals surface area contributed by atoms with E-state index in [1.54, 1.807) is 0 Å². The van der Waals surface area contributed by atoms with E-state index in [0.29, 0.717) is 19.3 Å². The third-order valence-electron chi connectivity index (χ3n) is 4.47. The summed E-state index contributed by atoms with van der Waals surface area (Å²) in [6, 6.07) is 3.56. The molecule has 0 spiro atoms. The molecule has 1 amide bonds. The van der Waals surface area contributed by atoms with Crippen molar-refractivity contribution in [1.82, 2.24) is 5.32 Å². The summed E-state index contributed by atoms with van der Waals surface area (Å²) in [5.41, 5.74) is -0.925. The number of benzene rings is 1. The van der Waals surface area contributed by atoms with E-state index >= 15 is 0 Å². The van der Waals surface area contributed by atoms with E-state index in [9.17, 15) is 22.8 Å². The van der Waals surface area contributed by atoms with Crippen molar-refractivity contribution in [3.05, 3.63) is 29.3 Å². The van der Waals surface area contributed by atoms with Gasteiger partial charge in [0.1, 0.15) is 5.75 Å². The molecule has 25 heavy (non-hydrogen) atoms. The van der Waals surface area contributed by atoms with Gasteiger partial charge in [-0.15, -0.1) is 0 Å². The topological polar surface area (TPSA) is 75.6 Å². The molecule has 1 aromatic carbocycles. The Morgan fingerprint density at radius 1 is 1.28 bits per heavy atom. The number of methoxy groups -OCH3 is 1. The predicted molar refractivity (Wildman–Crippen MR) is 82.9 cm³/mol. The zero-order valence-electron chi connectivity index (χ0n) is 13.7. The fourth-order valence-electron chi connectivity index (χ4n) is 3.08. The van der Waals surface area contributed by atoms with E-state index < -0.39 is 35.5 Å². The van der Waals surface area contributed by atoms with Crippen molar-refractivity contribution >= 4 is 11.9 Å². The van der Waals surface area contributed by atoms with Gasteiger partial charge in [0.15, 0.2) is 0 Å². The molecular formula is C17H20F3NO4. The molecule has 0 bridgehead atoms. The molecule has 0 aliphatic heterocycles. The first-order valence-corrected chi connectivity index (χ1v) is 7.97. The number of hydrogen-bond donors (Lipinski definition) is 2. The van der Waals surface area contributed by atoms with Gasteiger partial charge in [-0.3, -0.25) is 9.59 Å². The Morgan fingerprint density at radius 2 is 1.96 bits per heavy atom. The lowest BCUT2D eigenvalue weighted by atomic mass is 9.81. The quantitative estimate of drug-likeness (QED) is 0.846. The van der Waals surface area contributed by atoms with Crippen molar-refractivity contribution in [2.45, 2.75) is 38.4 Å². The van der Waals surface area contributed by atoms with Crippen molar-refractivity contribution < 1.29 is 32.6 Å². The Balaban J connectivity index is 2.05.